The number of carbonyl (C=O) groups excluding carboxylic acids is 2. The zero-order valence-corrected chi connectivity index (χ0v) is 11.7. The number of amides is 2. The van der Waals surface area contributed by atoms with Crippen LogP contribution in [0.1, 0.15) is 10.5 Å². The van der Waals surface area contributed by atoms with E-state index in [2.05, 4.69) is 15.8 Å². The van der Waals surface area contributed by atoms with Crippen LogP contribution >= 0.6 is 0 Å². The van der Waals surface area contributed by atoms with Gasteiger partial charge in [0.25, 0.3) is 11.8 Å². The lowest BCUT2D eigenvalue weighted by atomic mass is 10.2. The number of benzene rings is 1. The topological polar surface area (TPSA) is 76.0 Å². The third-order valence-electron chi connectivity index (χ3n) is 3.21. The minimum absolute atomic E-state index is 0.121. The summed E-state index contributed by atoms with van der Waals surface area (Å²) in [5.74, 6) is -0.767. The molecule has 22 heavy (non-hydrogen) atoms. The molecule has 0 aliphatic rings. The third kappa shape index (κ3) is 2.95. The van der Waals surface area contributed by atoms with E-state index in [9.17, 15) is 9.59 Å². The zero-order valence-electron chi connectivity index (χ0n) is 11.7. The molecule has 2 N–H and O–H groups in total. The van der Waals surface area contributed by atoms with E-state index >= 15 is 0 Å². The summed E-state index contributed by atoms with van der Waals surface area (Å²) < 4.78 is 1.82. The molecular formula is C16H14N4O2. The van der Waals surface area contributed by atoms with Gasteiger partial charge in [-0.3, -0.25) is 25.4 Å². The highest BCUT2D eigenvalue weighted by atomic mass is 16.2. The van der Waals surface area contributed by atoms with Gasteiger partial charge in [-0.05, 0) is 29.7 Å². The first-order valence-electron chi connectivity index (χ1n) is 6.78. The molecule has 0 radical (unpaired) electrons. The zero-order chi connectivity index (χ0) is 15.4. The van der Waals surface area contributed by atoms with E-state index in [1.165, 1.54) is 6.20 Å². The van der Waals surface area contributed by atoms with Gasteiger partial charge in [-0.25, -0.2) is 0 Å². The minimum Gasteiger partial charge on any atom is -0.338 e. The predicted molar refractivity (Wildman–Crippen MR) is 81.8 cm³/mol. The van der Waals surface area contributed by atoms with Crippen molar-refractivity contribution in [1.82, 2.24) is 20.4 Å². The highest BCUT2D eigenvalue weighted by Gasteiger charge is 2.09. The average Bonchev–Trinajstić information content (AvgIpc) is 2.97. The van der Waals surface area contributed by atoms with Gasteiger partial charge in [0, 0.05) is 17.9 Å². The molecule has 0 saturated carbocycles. The summed E-state index contributed by atoms with van der Waals surface area (Å²) >= 11 is 0. The van der Waals surface area contributed by atoms with Crippen molar-refractivity contribution >= 4 is 22.7 Å². The molecule has 6 heteroatoms. The highest BCUT2D eigenvalue weighted by Crippen LogP contribution is 2.14. The lowest BCUT2D eigenvalue weighted by Crippen LogP contribution is -2.43. The van der Waals surface area contributed by atoms with Crippen LogP contribution in [0.5, 0.6) is 0 Å². The van der Waals surface area contributed by atoms with Crippen LogP contribution in [-0.4, -0.2) is 21.4 Å². The molecule has 2 heterocycles. The maximum absolute atomic E-state index is 11.9. The molecule has 2 amide bonds. The molecule has 0 bridgehead atoms. The lowest BCUT2D eigenvalue weighted by molar-refractivity contribution is -0.122. The van der Waals surface area contributed by atoms with Crippen molar-refractivity contribution in [3.05, 3.63) is 66.6 Å². The van der Waals surface area contributed by atoms with E-state index in [4.69, 9.17) is 0 Å². The molecule has 3 aromatic rings. The quantitative estimate of drug-likeness (QED) is 0.719. The Labute approximate surface area is 126 Å². The Balaban J connectivity index is 1.60. The molecule has 110 valence electrons. The van der Waals surface area contributed by atoms with Crippen molar-refractivity contribution in [3.63, 3.8) is 0 Å². The first-order valence-corrected chi connectivity index (χ1v) is 6.78. The minimum atomic E-state index is -0.452. The average molecular weight is 294 g/mol. The second-order valence-electron chi connectivity index (χ2n) is 4.72. The maximum Gasteiger partial charge on any atom is 0.288 e. The number of hydrogen-bond donors (Lipinski definition) is 2. The number of hydrogen-bond acceptors (Lipinski definition) is 3. The fourth-order valence-electron chi connectivity index (χ4n) is 2.16. The van der Waals surface area contributed by atoms with E-state index < -0.39 is 5.91 Å². The van der Waals surface area contributed by atoms with Crippen molar-refractivity contribution in [2.75, 3.05) is 0 Å². The SMILES string of the molecule is O=C(Cn1ccc2ccccc21)NNC(=O)c1ccccn1. The number of nitrogens with one attached hydrogen (secondary N) is 2. The van der Waals surface area contributed by atoms with Crippen LogP contribution in [-0.2, 0) is 11.3 Å². The molecular weight excluding hydrogens is 280 g/mol. The first kappa shape index (κ1) is 13.8. The van der Waals surface area contributed by atoms with Crippen molar-refractivity contribution < 1.29 is 9.59 Å². The Morgan fingerprint density at radius 2 is 1.82 bits per heavy atom. The van der Waals surface area contributed by atoms with Crippen LogP contribution in [0.4, 0.5) is 0 Å². The van der Waals surface area contributed by atoms with E-state index in [0.717, 1.165) is 10.9 Å². The van der Waals surface area contributed by atoms with Crippen molar-refractivity contribution in [1.29, 1.82) is 0 Å². The summed E-state index contributed by atoms with van der Waals surface area (Å²) in [6.07, 6.45) is 3.35. The van der Waals surface area contributed by atoms with Gasteiger partial charge in [0.1, 0.15) is 12.2 Å². The van der Waals surface area contributed by atoms with Crippen molar-refractivity contribution in [3.8, 4) is 0 Å². The summed E-state index contributed by atoms with van der Waals surface area (Å²) in [7, 11) is 0. The molecule has 0 aliphatic carbocycles. The Morgan fingerprint density at radius 3 is 2.64 bits per heavy atom. The van der Waals surface area contributed by atoms with Gasteiger partial charge < -0.3 is 4.57 Å². The Kier molecular flexibility index (Phi) is 3.82. The number of carbonyl (C=O) groups is 2. The van der Waals surface area contributed by atoms with Gasteiger partial charge in [-0.1, -0.05) is 24.3 Å². The van der Waals surface area contributed by atoms with Crippen molar-refractivity contribution in [2.24, 2.45) is 0 Å². The molecule has 6 nitrogen and oxygen atoms in total. The second-order valence-corrected chi connectivity index (χ2v) is 4.72. The molecule has 0 spiro atoms. The smallest absolute Gasteiger partial charge is 0.288 e. The normalized spacial score (nSPS) is 10.4. The summed E-state index contributed by atoms with van der Waals surface area (Å²) in [4.78, 5) is 27.6. The van der Waals surface area contributed by atoms with Crippen LogP contribution in [0.25, 0.3) is 10.9 Å². The van der Waals surface area contributed by atoms with Gasteiger partial charge in [0.2, 0.25) is 0 Å². The van der Waals surface area contributed by atoms with Gasteiger partial charge in [0.15, 0.2) is 0 Å². The fraction of sp³-hybridized carbons (Fsp3) is 0.0625. The number of pyridine rings is 1. The number of aromatic nitrogens is 2. The van der Waals surface area contributed by atoms with Gasteiger partial charge in [-0.2, -0.15) is 0 Å². The van der Waals surface area contributed by atoms with Gasteiger partial charge in [-0.15, -0.1) is 0 Å². The van der Waals surface area contributed by atoms with Crippen LogP contribution in [0.2, 0.25) is 0 Å². The third-order valence-corrected chi connectivity index (χ3v) is 3.21. The summed E-state index contributed by atoms with van der Waals surface area (Å²) in [6, 6.07) is 14.7. The standard InChI is InChI=1S/C16H14N4O2/c21-15(18-19-16(22)13-6-3-4-9-17-13)11-20-10-8-12-5-1-2-7-14(12)20/h1-10H,11H2,(H,18,21)(H,19,22). The maximum atomic E-state index is 11.9. The number of nitrogens with zero attached hydrogens (tertiary/aromatic N) is 2. The Hall–Kier alpha value is -3.15. The highest BCUT2D eigenvalue weighted by molar-refractivity contribution is 5.93. The van der Waals surface area contributed by atoms with Gasteiger partial charge >= 0.3 is 0 Å². The number of rotatable bonds is 3. The van der Waals surface area contributed by atoms with Crippen LogP contribution < -0.4 is 10.9 Å². The molecule has 2 aromatic heterocycles. The van der Waals surface area contributed by atoms with Crippen LogP contribution in [0.3, 0.4) is 0 Å². The Bertz CT molecular complexity index is 811. The molecule has 0 unspecified atom stereocenters. The molecule has 0 fully saturated rings. The molecule has 0 saturated heterocycles. The number of para-hydroxylation sites is 1. The number of fused-ring (bicyclic) bond motifs is 1. The summed E-state index contributed by atoms with van der Waals surface area (Å²) in [6.45, 7) is 0.121. The van der Waals surface area contributed by atoms with E-state index in [1.54, 1.807) is 18.2 Å². The van der Waals surface area contributed by atoms with E-state index in [0.29, 0.717) is 0 Å². The fourth-order valence-corrected chi connectivity index (χ4v) is 2.16. The molecule has 1 aromatic carbocycles. The Morgan fingerprint density at radius 1 is 1.00 bits per heavy atom. The first-order chi connectivity index (χ1) is 10.7. The van der Waals surface area contributed by atoms with E-state index in [-0.39, 0.29) is 18.1 Å². The molecule has 3 rings (SSSR count). The van der Waals surface area contributed by atoms with Crippen molar-refractivity contribution in [2.45, 2.75) is 6.54 Å². The van der Waals surface area contributed by atoms with Crippen LogP contribution in [0, 0.1) is 0 Å². The molecule has 0 atom stereocenters. The second kappa shape index (κ2) is 6.09. The predicted octanol–water partition coefficient (Wildman–Crippen LogP) is 1.50. The summed E-state index contributed by atoms with van der Waals surface area (Å²) in [5, 5.41) is 1.06. The summed E-state index contributed by atoms with van der Waals surface area (Å²) in [5.41, 5.74) is 5.94. The van der Waals surface area contributed by atoms with E-state index in [1.807, 2.05) is 41.1 Å². The largest absolute Gasteiger partial charge is 0.338 e. The molecule has 0 aliphatic heterocycles. The monoisotopic (exact) mass is 294 g/mol. The number of hydrazine groups is 1. The van der Waals surface area contributed by atoms with Gasteiger partial charge in [0.05, 0.1) is 0 Å². The lowest BCUT2D eigenvalue weighted by Gasteiger charge is -2.08. The van der Waals surface area contributed by atoms with Crippen LogP contribution in [0.15, 0.2) is 60.9 Å².